The Kier molecular flexibility index (Phi) is 5.63. The third-order valence-corrected chi connectivity index (χ3v) is 2.59. The molecular weight excluding hydrogens is 184 g/mol. The summed E-state index contributed by atoms with van der Waals surface area (Å²) in [6, 6.07) is 0. The normalized spacial score (nSPS) is 18.1. The molecule has 0 aliphatic carbocycles. The minimum Gasteiger partial charge on any atom is -0.388 e. The van der Waals surface area contributed by atoms with E-state index < -0.39 is 0 Å². The van der Waals surface area contributed by atoms with E-state index in [1.165, 1.54) is 5.57 Å². The number of aliphatic imine (C=N–C) groups is 1. The summed E-state index contributed by atoms with van der Waals surface area (Å²) in [7, 11) is 0. The molecule has 2 heteroatoms. The maximum atomic E-state index is 5.71. The maximum absolute atomic E-state index is 5.71. The third kappa shape index (κ3) is 5.01. The second-order valence-electron chi connectivity index (χ2n) is 4.92. The molecule has 0 rings (SSSR count). The van der Waals surface area contributed by atoms with Gasteiger partial charge in [-0.25, -0.2) is 0 Å². The van der Waals surface area contributed by atoms with E-state index in [4.69, 9.17) is 5.73 Å². The fraction of sp³-hybridized carbons (Fsp3) is 0.769. The molecule has 0 aromatic carbocycles. The molecular formula is C13H26N2. The molecule has 0 saturated heterocycles. The number of allylic oxidation sites excluding steroid dienone is 1. The highest BCUT2D eigenvalue weighted by Gasteiger charge is 2.26. The minimum atomic E-state index is -0.122. The Morgan fingerprint density at radius 2 is 1.93 bits per heavy atom. The number of hydrogen-bond donors (Lipinski definition) is 1. The fourth-order valence-corrected chi connectivity index (χ4v) is 2.01. The predicted molar refractivity (Wildman–Crippen MR) is 69.2 cm³/mol. The van der Waals surface area contributed by atoms with Crippen molar-refractivity contribution in [2.75, 3.05) is 0 Å². The minimum absolute atomic E-state index is 0.122. The first-order valence-electron chi connectivity index (χ1n) is 5.81. The quantitative estimate of drug-likeness (QED) is 0.421. The van der Waals surface area contributed by atoms with Crippen LogP contribution in [-0.4, -0.2) is 11.4 Å². The van der Waals surface area contributed by atoms with Crippen LogP contribution in [0.15, 0.2) is 16.6 Å². The lowest BCUT2D eigenvalue weighted by atomic mass is 9.84. The molecule has 0 bridgehead atoms. The lowest BCUT2D eigenvalue weighted by Crippen LogP contribution is -2.29. The topological polar surface area (TPSA) is 38.4 Å². The first kappa shape index (κ1) is 14.2. The van der Waals surface area contributed by atoms with Crippen molar-refractivity contribution in [1.29, 1.82) is 0 Å². The van der Waals surface area contributed by atoms with Crippen LogP contribution in [0.5, 0.6) is 0 Å². The summed E-state index contributed by atoms with van der Waals surface area (Å²) in [6.45, 7) is 12.8. The zero-order chi connectivity index (χ0) is 12.1. The molecule has 0 aliphatic rings. The van der Waals surface area contributed by atoms with Gasteiger partial charge in [-0.1, -0.05) is 32.4 Å². The van der Waals surface area contributed by atoms with Gasteiger partial charge in [0.25, 0.3) is 0 Å². The van der Waals surface area contributed by atoms with Crippen molar-refractivity contribution in [2.24, 2.45) is 16.6 Å². The van der Waals surface area contributed by atoms with Gasteiger partial charge < -0.3 is 5.73 Å². The van der Waals surface area contributed by atoms with E-state index >= 15 is 0 Å². The van der Waals surface area contributed by atoms with Crippen LogP contribution in [0.3, 0.4) is 0 Å². The number of amidine groups is 1. The van der Waals surface area contributed by atoms with Crippen molar-refractivity contribution in [2.45, 2.75) is 59.9 Å². The highest BCUT2D eigenvalue weighted by Crippen LogP contribution is 2.29. The van der Waals surface area contributed by atoms with E-state index in [-0.39, 0.29) is 5.54 Å². The molecule has 0 saturated carbocycles. The van der Waals surface area contributed by atoms with Gasteiger partial charge in [0.15, 0.2) is 0 Å². The molecule has 0 aromatic rings. The van der Waals surface area contributed by atoms with E-state index in [2.05, 4.69) is 45.7 Å². The number of rotatable bonds is 5. The molecule has 2 nitrogen and oxygen atoms in total. The molecule has 2 N–H and O–H groups in total. The molecule has 0 amide bonds. The molecule has 0 fully saturated rings. The molecule has 1 unspecified atom stereocenters. The second kappa shape index (κ2) is 5.94. The summed E-state index contributed by atoms with van der Waals surface area (Å²) in [5.74, 6) is 1.29. The smallest absolute Gasteiger partial charge is 0.0916 e. The zero-order valence-corrected chi connectivity index (χ0v) is 11.1. The van der Waals surface area contributed by atoms with E-state index in [1.807, 2.05) is 6.92 Å². The molecule has 15 heavy (non-hydrogen) atoms. The summed E-state index contributed by atoms with van der Waals surface area (Å²) in [6.07, 6.45) is 4.34. The van der Waals surface area contributed by atoms with Gasteiger partial charge in [-0.2, -0.15) is 0 Å². The largest absolute Gasteiger partial charge is 0.388 e. The van der Waals surface area contributed by atoms with Gasteiger partial charge >= 0.3 is 0 Å². The number of nitrogens with two attached hydrogens (primary N) is 1. The predicted octanol–water partition coefficient (Wildman–Crippen LogP) is 3.52. The van der Waals surface area contributed by atoms with Gasteiger partial charge in [-0.3, -0.25) is 4.99 Å². The van der Waals surface area contributed by atoms with Crippen molar-refractivity contribution < 1.29 is 0 Å². The number of nitrogens with zero attached hydrogens (tertiary/aromatic N) is 1. The van der Waals surface area contributed by atoms with E-state index in [0.29, 0.717) is 11.8 Å². The Bertz CT molecular complexity index is 247. The lowest BCUT2D eigenvalue weighted by molar-refractivity contribution is 0.421. The highest BCUT2D eigenvalue weighted by atomic mass is 14.9. The van der Waals surface area contributed by atoms with Gasteiger partial charge in [-0.15, -0.1) is 0 Å². The summed E-state index contributed by atoms with van der Waals surface area (Å²) in [5.41, 5.74) is 6.91. The van der Waals surface area contributed by atoms with E-state index in [9.17, 15) is 0 Å². The Morgan fingerprint density at radius 3 is 2.27 bits per heavy atom. The second-order valence-corrected chi connectivity index (χ2v) is 4.92. The van der Waals surface area contributed by atoms with Crippen LogP contribution in [0.1, 0.15) is 54.4 Å². The third-order valence-electron chi connectivity index (χ3n) is 2.59. The standard InChI is InChI=1S/C13H26N2/c1-7-8-11(4)13(6,9-10(2)3)15-12(5)14/h8,10H,7,9H2,1-6H3,(H2,14,15)/b11-8+. The van der Waals surface area contributed by atoms with Gasteiger partial charge in [0.05, 0.1) is 11.4 Å². The van der Waals surface area contributed by atoms with Crippen molar-refractivity contribution in [3.8, 4) is 0 Å². The van der Waals surface area contributed by atoms with Crippen molar-refractivity contribution >= 4 is 5.84 Å². The monoisotopic (exact) mass is 210 g/mol. The van der Waals surface area contributed by atoms with Crippen molar-refractivity contribution in [3.63, 3.8) is 0 Å². The molecule has 0 heterocycles. The van der Waals surface area contributed by atoms with Crippen LogP contribution in [0, 0.1) is 5.92 Å². The van der Waals surface area contributed by atoms with Crippen LogP contribution in [0.4, 0.5) is 0 Å². The van der Waals surface area contributed by atoms with Gasteiger partial charge in [0.2, 0.25) is 0 Å². The van der Waals surface area contributed by atoms with E-state index in [0.717, 1.165) is 12.8 Å². The Balaban J connectivity index is 5.02. The maximum Gasteiger partial charge on any atom is 0.0916 e. The van der Waals surface area contributed by atoms with Crippen LogP contribution < -0.4 is 5.73 Å². The Morgan fingerprint density at radius 1 is 1.40 bits per heavy atom. The SMILES string of the molecule is CC/C=C(\C)C(C)(CC(C)C)N=C(C)N. The highest BCUT2D eigenvalue weighted by molar-refractivity contribution is 5.78. The summed E-state index contributed by atoms with van der Waals surface area (Å²) < 4.78 is 0. The molecule has 0 aromatic heterocycles. The van der Waals surface area contributed by atoms with Crippen LogP contribution in [-0.2, 0) is 0 Å². The summed E-state index contributed by atoms with van der Waals surface area (Å²) in [5, 5.41) is 0. The molecule has 1 atom stereocenters. The van der Waals surface area contributed by atoms with E-state index in [1.54, 1.807) is 0 Å². The van der Waals surface area contributed by atoms with Crippen LogP contribution in [0.2, 0.25) is 0 Å². The summed E-state index contributed by atoms with van der Waals surface area (Å²) in [4.78, 5) is 4.59. The molecule has 0 spiro atoms. The van der Waals surface area contributed by atoms with Gasteiger partial charge in [-0.05, 0) is 39.5 Å². The Labute approximate surface area is 94.7 Å². The lowest BCUT2D eigenvalue weighted by Gasteiger charge is -2.29. The summed E-state index contributed by atoms with van der Waals surface area (Å²) >= 11 is 0. The molecule has 88 valence electrons. The average molecular weight is 210 g/mol. The zero-order valence-electron chi connectivity index (χ0n) is 11.1. The first-order valence-corrected chi connectivity index (χ1v) is 5.81. The van der Waals surface area contributed by atoms with Crippen molar-refractivity contribution in [1.82, 2.24) is 0 Å². The molecule has 0 aliphatic heterocycles. The van der Waals surface area contributed by atoms with Gasteiger partial charge in [0.1, 0.15) is 0 Å². The van der Waals surface area contributed by atoms with Gasteiger partial charge in [0, 0.05) is 0 Å². The van der Waals surface area contributed by atoms with Crippen molar-refractivity contribution in [3.05, 3.63) is 11.6 Å². The first-order chi connectivity index (χ1) is 6.81. The average Bonchev–Trinajstić information content (AvgIpc) is 2.01. The fourth-order valence-electron chi connectivity index (χ4n) is 2.01. The molecule has 0 radical (unpaired) electrons. The van der Waals surface area contributed by atoms with Crippen LogP contribution in [0.25, 0.3) is 0 Å². The van der Waals surface area contributed by atoms with Crippen LogP contribution >= 0.6 is 0 Å². The Hall–Kier alpha value is -0.790. The number of hydrogen-bond acceptors (Lipinski definition) is 1.